The maximum atomic E-state index is 12.0. The van der Waals surface area contributed by atoms with Crippen molar-refractivity contribution >= 4 is 16.8 Å². The predicted molar refractivity (Wildman–Crippen MR) is 83.0 cm³/mol. The molecule has 1 aromatic heterocycles. The van der Waals surface area contributed by atoms with E-state index in [1.54, 1.807) is 31.1 Å². The van der Waals surface area contributed by atoms with Gasteiger partial charge in [-0.05, 0) is 26.1 Å². The summed E-state index contributed by atoms with van der Waals surface area (Å²) >= 11 is 0. The van der Waals surface area contributed by atoms with E-state index < -0.39 is 0 Å². The Labute approximate surface area is 124 Å². The van der Waals surface area contributed by atoms with Crippen LogP contribution in [-0.2, 0) is 11.3 Å². The van der Waals surface area contributed by atoms with Crippen molar-refractivity contribution in [3.05, 3.63) is 36.0 Å². The van der Waals surface area contributed by atoms with Crippen LogP contribution in [0.25, 0.3) is 10.9 Å². The first-order valence-electron chi connectivity index (χ1n) is 6.89. The largest absolute Gasteiger partial charge is 0.506 e. The molecule has 0 aliphatic heterocycles. The number of hydrogen-bond donors (Lipinski definition) is 1. The third kappa shape index (κ3) is 3.31. The second-order valence-corrected chi connectivity index (χ2v) is 5.48. The lowest BCUT2D eigenvalue weighted by Gasteiger charge is -2.26. The average Bonchev–Trinajstić information content (AvgIpc) is 2.46. The van der Waals surface area contributed by atoms with Crippen LogP contribution in [0.1, 0.15) is 12.6 Å². The lowest BCUT2D eigenvalue weighted by Crippen LogP contribution is -2.42. The Balaban J connectivity index is 2.20. The van der Waals surface area contributed by atoms with Crippen LogP contribution < -0.4 is 0 Å². The summed E-state index contributed by atoms with van der Waals surface area (Å²) in [6.07, 6.45) is 0. The minimum Gasteiger partial charge on any atom is -0.506 e. The Morgan fingerprint density at radius 2 is 1.95 bits per heavy atom. The Morgan fingerprint density at radius 3 is 2.62 bits per heavy atom. The van der Waals surface area contributed by atoms with Gasteiger partial charge < -0.3 is 10.0 Å². The van der Waals surface area contributed by atoms with Gasteiger partial charge in [-0.25, -0.2) is 4.98 Å². The Kier molecular flexibility index (Phi) is 4.43. The number of benzene rings is 1. The number of carbonyl (C=O) groups is 1. The molecule has 0 saturated carbocycles. The van der Waals surface area contributed by atoms with E-state index in [1.165, 1.54) is 0 Å². The molecule has 0 radical (unpaired) electrons. The number of aromatic nitrogens is 1. The molecule has 0 spiro atoms. The van der Waals surface area contributed by atoms with Crippen LogP contribution in [0.2, 0.25) is 0 Å². The lowest BCUT2D eigenvalue weighted by atomic mass is 10.1. The number of fused-ring (bicyclic) bond motifs is 1. The van der Waals surface area contributed by atoms with Crippen LogP contribution in [0, 0.1) is 0 Å². The Hall–Kier alpha value is -2.14. The first kappa shape index (κ1) is 15.3. The molecule has 5 heteroatoms. The van der Waals surface area contributed by atoms with Crippen LogP contribution in [0.15, 0.2) is 30.3 Å². The van der Waals surface area contributed by atoms with Crippen molar-refractivity contribution in [1.29, 1.82) is 0 Å². The van der Waals surface area contributed by atoms with Crippen LogP contribution >= 0.6 is 0 Å². The summed E-state index contributed by atoms with van der Waals surface area (Å²) in [7, 11) is 5.39. The van der Waals surface area contributed by atoms with E-state index in [1.807, 2.05) is 37.1 Å². The van der Waals surface area contributed by atoms with Gasteiger partial charge in [-0.2, -0.15) is 0 Å². The molecular weight excluding hydrogens is 266 g/mol. The van der Waals surface area contributed by atoms with Gasteiger partial charge in [0.15, 0.2) is 0 Å². The van der Waals surface area contributed by atoms with Crippen molar-refractivity contribution in [3.8, 4) is 5.75 Å². The number of rotatable bonds is 4. The first-order valence-corrected chi connectivity index (χ1v) is 6.89. The van der Waals surface area contributed by atoms with Crippen LogP contribution in [-0.4, -0.2) is 53.0 Å². The molecule has 112 valence electrons. The van der Waals surface area contributed by atoms with E-state index in [4.69, 9.17) is 0 Å². The molecular formula is C16H21N3O2. The number of phenols is 1. The van der Waals surface area contributed by atoms with Gasteiger partial charge in [-0.15, -0.1) is 0 Å². The highest BCUT2D eigenvalue weighted by Crippen LogP contribution is 2.22. The molecule has 0 unspecified atom stereocenters. The summed E-state index contributed by atoms with van der Waals surface area (Å²) in [6, 6.07) is 8.97. The minimum atomic E-state index is -0.220. The molecule has 21 heavy (non-hydrogen) atoms. The van der Waals surface area contributed by atoms with Crippen LogP contribution in [0.5, 0.6) is 5.75 Å². The molecule has 0 aliphatic rings. The fraction of sp³-hybridized carbons (Fsp3) is 0.375. The van der Waals surface area contributed by atoms with Crippen LogP contribution in [0.3, 0.4) is 0 Å². The van der Waals surface area contributed by atoms with Gasteiger partial charge in [0.2, 0.25) is 5.91 Å². The van der Waals surface area contributed by atoms with Gasteiger partial charge >= 0.3 is 0 Å². The molecule has 0 fully saturated rings. The Morgan fingerprint density at radius 1 is 1.24 bits per heavy atom. The zero-order valence-corrected chi connectivity index (χ0v) is 12.9. The summed E-state index contributed by atoms with van der Waals surface area (Å²) in [5.74, 6) is 0.232. The monoisotopic (exact) mass is 287 g/mol. The van der Waals surface area contributed by atoms with E-state index in [2.05, 4.69) is 4.98 Å². The highest BCUT2D eigenvalue weighted by atomic mass is 16.3. The number of likely N-dealkylation sites (N-methyl/N-ethyl adjacent to an activating group) is 2. The number of aromatic hydroxyl groups is 1. The van der Waals surface area contributed by atoms with E-state index in [-0.39, 0.29) is 17.7 Å². The molecule has 0 bridgehead atoms. The maximum absolute atomic E-state index is 12.0. The number of nitrogens with zero attached hydrogens (tertiary/aromatic N) is 3. The van der Waals surface area contributed by atoms with Crippen LogP contribution in [0.4, 0.5) is 0 Å². The van der Waals surface area contributed by atoms with Gasteiger partial charge in [0.05, 0.1) is 11.7 Å². The zero-order valence-electron chi connectivity index (χ0n) is 12.9. The van der Waals surface area contributed by atoms with Crippen molar-refractivity contribution in [2.24, 2.45) is 0 Å². The molecule has 2 rings (SSSR count). The van der Waals surface area contributed by atoms with Gasteiger partial charge in [0, 0.05) is 26.0 Å². The van der Waals surface area contributed by atoms with Crippen molar-refractivity contribution in [2.75, 3.05) is 21.1 Å². The highest BCUT2D eigenvalue weighted by Gasteiger charge is 2.20. The molecule has 1 aromatic carbocycles. The van der Waals surface area contributed by atoms with Gasteiger partial charge in [0.25, 0.3) is 0 Å². The van der Waals surface area contributed by atoms with Crippen molar-refractivity contribution in [3.63, 3.8) is 0 Å². The fourth-order valence-electron chi connectivity index (χ4n) is 2.21. The average molecular weight is 287 g/mol. The summed E-state index contributed by atoms with van der Waals surface area (Å²) in [4.78, 5) is 20.0. The standard InChI is InChI=1S/C16H21N3O2/c1-11(16(21)18(2)3)19(4)10-13-9-8-12-6-5-7-14(20)15(12)17-13/h5-9,11,20H,10H2,1-4H3/t11-/m1/s1. The van der Waals surface area contributed by atoms with Crippen molar-refractivity contribution in [1.82, 2.24) is 14.8 Å². The number of para-hydroxylation sites is 1. The van der Waals surface area contributed by atoms with E-state index in [0.717, 1.165) is 11.1 Å². The van der Waals surface area contributed by atoms with E-state index in [0.29, 0.717) is 12.1 Å². The molecule has 1 heterocycles. The quantitative estimate of drug-likeness (QED) is 0.932. The lowest BCUT2D eigenvalue weighted by molar-refractivity contribution is -0.133. The third-order valence-electron chi connectivity index (χ3n) is 3.63. The molecule has 2 aromatic rings. The van der Waals surface area contributed by atoms with E-state index >= 15 is 0 Å². The topological polar surface area (TPSA) is 56.7 Å². The maximum Gasteiger partial charge on any atom is 0.239 e. The van der Waals surface area contributed by atoms with E-state index in [9.17, 15) is 9.90 Å². The first-order chi connectivity index (χ1) is 9.90. The van der Waals surface area contributed by atoms with Gasteiger partial charge in [-0.1, -0.05) is 18.2 Å². The zero-order chi connectivity index (χ0) is 15.6. The number of pyridine rings is 1. The smallest absolute Gasteiger partial charge is 0.239 e. The summed E-state index contributed by atoms with van der Waals surface area (Å²) in [5, 5.41) is 10.8. The SMILES string of the molecule is C[C@H](C(=O)N(C)C)N(C)Cc1ccc2cccc(O)c2n1. The molecule has 0 saturated heterocycles. The van der Waals surface area contributed by atoms with Crippen molar-refractivity contribution < 1.29 is 9.90 Å². The number of hydrogen-bond acceptors (Lipinski definition) is 4. The summed E-state index contributed by atoms with van der Waals surface area (Å²) in [5.41, 5.74) is 1.42. The summed E-state index contributed by atoms with van der Waals surface area (Å²) < 4.78 is 0. The van der Waals surface area contributed by atoms with Gasteiger partial charge in [-0.3, -0.25) is 9.69 Å². The minimum absolute atomic E-state index is 0.0566. The second-order valence-electron chi connectivity index (χ2n) is 5.48. The molecule has 1 N–H and O–H groups in total. The van der Waals surface area contributed by atoms with Gasteiger partial charge in [0.1, 0.15) is 11.3 Å². The fourth-order valence-corrected chi connectivity index (χ4v) is 2.21. The molecule has 5 nitrogen and oxygen atoms in total. The summed E-state index contributed by atoms with van der Waals surface area (Å²) in [6.45, 7) is 2.42. The highest BCUT2D eigenvalue weighted by molar-refractivity contribution is 5.84. The number of amides is 1. The molecule has 0 aliphatic carbocycles. The molecule has 1 amide bonds. The number of phenolic OH excluding ortho intramolecular Hbond substituents is 1. The second kappa shape index (κ2) is 6.10. The predicted octanol–water partition coefficient (Wildman–Crippen LogP) is 1.85. The van der Waals surface area contributed by atoms with Crippen molar-refractivity contribution in [2.45, 2.75) is 19.5 Å². The normalized spacial score (nSPS) is 12.6. The Bertz CT molecular complexity index is 655. The number of carbonyl (C=O) groups excluding carboxylic acids is 1. The third-order valence-corrected chi connectivity index (χ3v) is 3.63. The molecule has 1 atom stereocenters.